The summed E-state index contributed by atoms with van der Waals surface area (Å²) in [4.78, 5) is 19.4. The Hall–Kier alpha value is -3.20. The number of aromatic hydroxyl groups is 1. The molecule has 0 unspecified atom stereocenters. The molecule has 0 amide bonds. The number of halogens is 1. The lowest BCUT2D eigenvalue weighted by Crippen LogP contribution is -1.94. The molecule has 2 rings (SSSR count). The number of phenolic OH excluding ortho intramolecular Hbond substituents is 1. The van der Waals surface area contributed by atoms with Crippen LogP contribution in [0.3, 0.4) is 0 Å². The van der Waals surface area contributed by atoms with E-state index in [0.717, 1.165) is 11.4 Å². The van der Waals surface area contributed by atoms with Crippen molar-refractivity contribution >= 4 is 27.3 Å². The van der Waals surface area contributed by atoms with Gasteiger partial charge in [0.25, 0.3) is 11.4 Å². The van der Waals surface area contributed by atoms with Crippen LogP contribution in [-0.2, 0) is 0 Å². The van der Waals surface area contributed by atoms with Crippen LogP contribution in [0, 0.1) is 20.2 Å². The van der Waals surface area contributed by atoms with E-state index >= 15 is 0 Å². The quantitative estimate of drug-likeness (QED) is 0.292. The Balaban J connectivity index is 0.000000428. The molecule has 2 aromatic rings. The maximum Gasteiger partial charge on any atom is 0.273 e. The first-order chi connectivity index (χ1) is 12.8. The van der Waals surface area contributed by atoms with Gasteiger partial charge in [-0.2, -0.15) is 0 Å². The van der Waals surface area contributed by atoms with Crippen LogP contribution in [0.2, 0.25) is 0 Å². The smallest absolute Gasteiger partial charge is 0.273 e. The summed E-state index contributed by atoms with van der Waals surface area (Å²) in [6.07, 6.45) is 3.37. The first-order valence-electron chi connectivity index (χ1n) is 7.44. The lowest BCUT2D eigenvalue weighted by Gasteiger charge is -2.01. The number of ether oxygens (including phenoxy) is 1. The highest BCUT2D eigenvalue weighted by Crippen LogP contribution is 2.19. The molecular weight excluding hydrogens is 420 g/mol. The van der Waals surface area contributed by atoms with Crippen LogP contribution in [0.1, 0.15) is 0 Å². The van der Waals surface area contributed by atoms with E-state index in [-0.39, 0.29) is 17.1 Å². The summed E-state index contributed by atoms with van der Waals surface area (Å²) in [6, 6.07) is 11.3. The molecule has 0 aliphatic rings. The molecular formula is C18H19BrN2O6. The SMILES string of the molecule is C=CCBr.C=CCOc1cccc([N+](=O)[O-])c1.O=[N+]([O-])c1cccc(O)c1. The maximum absolute atomic E-state index is 10.4. The molecule has 0 atom stereocenters. The zero-order valence-electron chi connectivity index (χ0n) is 14.4. The molecule has 0 aliphatic heterocycles. The largest absolute Gasteiger partial charge is 0.508 e. The monoisotopic (exact) mass is 438 g/mol. The van der Waals surface area contributed by atoms with Gasteiger partial charge in [0.2, 0.25) is 0 Å². The van der Waals surface area contributed by atoms with Crippen LogP contribution in [0.4, 0.5) is 11.4 Å². The Morgan fingerprint density at radius 1 is 1.00 bits per heavy atom. The molecule has 0 saturated carbocycles. The number of rotatable bonds is 6. The van der Waals surface area contributed by atoms with Gasteiger partial charge in [-0.25, -0.2) is 0 Å². The maximum atomic E-state index is 10.4. The van der Waals surface area contributed by atoms with E-state index in [2.05, 4.69) is 29.1 Å². The van der Waals surface area contributed by atoms with Gasteiger partial charge in [-0.1, -0.05) is 46.8 Å². The third-order valence-electron chi connectivity index (χ3n) is 2.55. The zero-order chi connectivity index (χ0) is 20.7. The molecule has 0 saturated heterocycles. The number of hydrogen-bond acceptors (Lipinski definition) is 6. The number of nitro benzene ring substituents is 2. The summed E-state index contributed by atoms with van der Waals surface area (Å²) >= 11 is 3.13. The average Bonchev–Trinajstić information content (AvgIpc) is 2.67. The van der Waals surface area contributed by atoms with Gasteiger partial charge in [0.05, 0.1) is 22.0 Å². The van der Waals surface area contributed by atoms with E-state index in [0.29, 0.717) is 12.4 Å². The summed E-state index contributed by atoms with van der Waals surface area (Å²) < 4.78 is 5.12. The van der Waals surface area contributed by atoms with Gasteiger partial charge >= 0.3 is 0 Å². The van der Waals surface area contributed by atoms with Crippen molar-refractivity contribution in [2.24, 2.45) is 0 Å². The van der Waals surface area contributed by atoms with Crippen molar-refractivity contribution in [2.75, 3.05) is 11.9 Å². The number of alkyl halides is 1. The predicted octanol–water partition coefficient (Wildman–Crippen LogP) is 5.03. The van der Waals surface area contributed by atoms with Crippen LogP contribution in [0.25, 0.3) is 0 Å². The highest BCUT2D eigenvalue weighted by molar-refractivity contribution is 9.09. The lowest BCUT2D eigenvalue weighted by atomic mass is 10.3. The molecule has 0 aromatic heterocycles. The van der Waals surface area contributed by atoms with Crippen molar-refractivity contribution in [3.8, 4) is 11.5 Å². The Morgan fingerprint density at radius 2 is 1.52 bits per heavy atom. The molecule has 0 radical (unpaired) electrons. The Bertz CT molecular complexity index is 767. The van der Waals surface area contributed by atoms with Gasteiger partial charge in [-0.3, -0.25) is 20.2 Å². The Kier molecular flexibility index (Phi) is 12.4. The molecule has 0 heterocycles. The van der Waals surface area contributed by atoms with E-state index in [9.17, 15) is 20.2 Å². The number of hydrogen-bond donors (Lipinski definition) is 1. The predicted molar refractivity (Wildman–Crippen MR) is 108 cm³/mol. The summed E-state index contributed by atoms with van der Waals surface area (Å²) in [7, 11) is 0. The van der Waals surface area contributed by atoms with Gasteiger partial charge in [0, 0.05) is 17.5 Å². The molecule has 9 heteroatoms. The van der Waals surface area contributed by atoms with Crippen molar-refractivity contribution in [1.82, 2.24) is 0 Å². The minimum absolute atomic E-state index is 0.0292. The fraction of sp³-hybridized carbons (Fsp3) is 0.111. The standard InChI is InChI=1S/C9H9NO3.C6H5NO3.C3H5Br/c1-2-6-13-9-5-3-4-8(7-9)10(11)12;8-6-3-1-2-5(4-6)7(9)10;1-2-3-4/h2-5,7H,1,6H2;1-4,8H;2H,1,3H2. The van der Waals surface area contributed by atoms with Crippen LogP contribution < -0.4 is 4.74 Å². The number of allylic oxidation sites excluding steroid dienone is 1. The molecule has 0 fully saturated rings. The van der Waals surface area contributed by atoms with E-state index in [1.165, 1.54) is 30.3 Å². The fourth-order valence-electron chi connectivity index (χ4n) is 1.45. The molecule has 0 bridgehead atoms. The Labute approximate surface area is 164 Å². The molecule has 2 aromatic carbocycles. The summed E-state index contributed by atoms with van der Waals surface area (Å²) in [5.41, 5.74) is -0.0680. The number of benzene rings is 2. The number of phenols is 1. The first-order valence-corrected chi connectivity index (χ1v) is 8.56. The highest BCUT2D eigenvalue weighted by Gasteiger charge is 2.05. The van der Waals surface area contributed by atoms with Crippen molar-refractivity contribution in [3.63, 3.8) is 0 Å². The molecule has 8 nitrogen and oxygen atoms in total. The van der Waals surface area contributed by atoms with Crippen molar-refractivity contribution in [3.05, 3.63) is 94.1 Å². The van der Waals surface area contributed by atoms with Crippen molar-refractivity contribution in [1.29, 1.82) is 0 Å². The summed E-state index contributed by atoms with van der Waals surface area (Å²) in [6.45, 7) is 7.26. The summed E-state index contributed by atoms with van der Waals surface area (Å²) in [5, 5.41) is 30.1. The Morgan fingerprint density at radius 3 is 1.93 bits per heavy atom. The van der Waals surface area contributed by atoms with E-state index in [1.807, 2.05) is 0 Å². The molecule has 0 aliphatic carbocycles. The van der Waals surface area contributed by atoms with Crippen LogP contribution in [-0.4, -0.2) is 26.9 Å². The zero-order valence-corrected chi connectivity index (χ0v) is 15.9. The second kappa shape index (κ2) is 14.0. The second-order valence-corrected chi connectivity index (χ2v) is 5.22. The molecule has 1 N–H and O–H groups in total. The topological polar surface area (TPSA) is 116 Å². The first kappa shape index (κ1) is 23.8. The minimum Gasteiger partial charge on any atom is -0.508 e. The van der Waals surface area contributed by atoms with Crippen LogP contribution >= 0.6 is 15.9 Å². The van der Waals surface area contributed by atoms with E-state index in [4.69, 9.17) is 9.84 Å². The molecule has 144 valence electrons. The number of nitro groups is 2. The van der Waals surface area contributed by atoms with Crippen LogP contribution in [0.15, 0.2) is 73.8 Å². The molecule has 0 spiro atoms. The minimum atomic E-state index is -0.556. The molecule has 27 heavy (non-hydrogen) atoms. The van der Waals surface area contributed by atoms with E-state index < -0.39 is 9.85 Å². The van der Waals surface area contributed by atoms with Gasteiger partial charge < -0.3 is 9.84 Å². The second-order valence-electron chi connectivity index (χ2n) is 4.57. The van der Waals surface area contributed by atoms with E-state index in [1.54, 1.807) is 24.3 Å². The van der Waals surface area contributed by atoms with Crippen LogP contribution in [0.5, 0.6) is 11.5 Å². The highest BCUT2D eigenvalue weighted by atomic mass is 79.9. The summed E-state index contributed by atoms with van der Waals surface area (Å²) in [5.74, 6) is 0.392. The van der Waals surface area contributed by atoms with Gasteiger partial charge in [-0.05, 0) is 12.1 Å². The number of non-ortho nitro benzene ring substituents is 2. The van der Waals surface area contributed by atoms with Crippen molar-refractivity contribution in [2.45, 2.75) is 0 Å². The van der Waals surface area contributed by atoms with Gasteiger partial charge in [0.1, 0.15) is 18.1 Å². The lowest BCUT2D eigenvalue weighted by molar-refractivity contribution is -0.385. The third kappa shape index (κ3) is 11.1. The average molecular weight is 439 g/mol. The van der Waals surface area contributed by atoms with Gasteiger partial charge in [-0.15, -0.1) is 6.58 Å². The van der Waals surface area contributed by atoms with Gasteiger partial charge in [0.15, 0.2) is 0 Å². The third-order valence-corrected chi connectivity index (χ3v) is 3.00. The fourth-order valence-corrected chi connectivity index (χ4v) is 1.45. The normalized spacial score (nSPS) is 8.78. The number of nitrogens with zero attached hydrogens (tertiary/aromatic N) is 2. The van der Waals surface area contributed by atoms with Crippen molar-refractivity contribution < 1.29 is 19.7 Å².